The summed E-state index contributed by atoms with van der Waals surface area (Å²) in [4.78, 5) is 74.3. The fourth-order valence-electron chi connectivity index (χ4n) is 5.46. The summed E-state index contributed by atoms with van der Waals surface area (Å²) in [5, 5.41) is 15.7. The van der Waals surface area contributed by atoms with Crippen molar-refractivity contribution in [3.05, 3.63) is 76.7 Å². The van der Waals surface area contributed by atoms with Crippen molar-refractivity contribution in [2.24, 2.45) is 11.8 Å². The number of nitrogens with one attached hydrogen (secondary N) is 2. The number of rotatable bonds is 4. The maximum Gasteiger partial charge on any atom is 0.411 e. The predicted octanol–water partition coefficient (Wildman–Crippen LogP) is 3.92. The normalized spacial score (nSPS) is 24.3. The van der Waals surface area contributed by atoms with Gasteiger partial charge in [0.05, 0.1) is 31.0 Å². The van der Waals surface area contributed by atoms with Crippen LogP contribution < -0.4 is 10.6 Å². The van der Waals surface area contributed by atoms with Gasteiger partial charge in [-0.05, 0) is 53.9 Å². The molecule has 2 aromatic heterocycles. The Hall–Kier alpha value is -4.63. The van der Waals surface area contributed by atoms with Gasteiger partial charge in [0.15, 0.2) is 5.69 Å². The van der Waals surface area contributed by atoms with Crippen molar-refractivity contribution < 1.29 is 43.0 Å². The number of anilines is 1. The lowest BCUT2D eigenvalue weighted by Gasteiger charge is -2.30. The number of hydrogen-bond donors (Lipinski definition) is 3. The molecule has 262 valence electrons. The number of ketones is 1. The molecule has 0 aliphatic carbocycles. The Kier molecular flexibility index (Phi) is 13.4. The molecule has 2 aliphatic rings. The second kappa shape index (κ2) is 17.7. The topological polar surface area (TPSA) is 190 Å². The summed E-state index contributed by atoms with van der Waals surface area (Å²) in [6.07, 6.45) is 8.31. The average Bonchev–Trinajstić information content (AvgIpc) is 3.74. The zero-order chi connectivity index (χ0) is 35.5. The molecule has 5 atom stereocenters. The molecule has 2 bridgehead atoms. The summed E-state index contributed by atoms with van der Waals surface area (Å²) < 4.78 is 17.4. The highest BCUT2D eigenvalue weighted by molar-refractivity contribution is 9.10. The Bertz CT molecular complexity index is 1600. The van der Waals surface area contributed by atoms with E-state index in [9.17, 15) is 29.1 Å². The van der Waals surface area contributed by atoms with E-state index in [-0.39, 0.29) is 49.9 Å². The Morgan fingerprint density at radius 2 is 2.04 bits per heavy atom. The number of aliphatic hydroxyl groups excluding tert-OH is 1. The van der Waals surface area contributed by atoms with Crippen LogP contribution in [0.5, 0.6) is 0 Å². The quantitative estimate of drug-likeness (QED) is 0.304. The van der Waals surface area contributed by atoms with Crippen LogP contribution in [-0.2, 0) is 30.3 Å². The fraction of sp³-hybridized carbons (Fsp3) is 0.441. The fourth-order valence-corrected chi connectivity index (χ4v) is 5.69. The van der Waals surface area contributed by atoms with Gasteiger partial charge in [0.2, 0.25) is 11.8 Å². The van der Waals surface area contributed by atoms with Gasteiger partial charge in [-0.1, -0.05) is 43.7 Å². The zero-order valence-electron chi connectivity index (χ0n) is 27.5. The van der Waals surface area contributed by atoms with Gasteiger partial charge in [-0.2, -0.15) is 0 Å². The van der Waals surface area contributed by atoms with Crippen LogP contribution in [0.1, 0.15) is 56.4 Å². The number of oxazole rings is 1. The van der Waals surface area contributed by atoms with E-state index >= 15 is 0 Å². The molecule has 0 unspecified atom stereocenters. The Morgan fingerprint density at radius 1 is 1.24 bits per heavy atom. The van der Waals surface area contributed by atoms with Crippen LogP contribution in [-0.4, -0.2) is 87.6 Å². The number of aliphatic hydroxyl groups is 1. The molecule has 0 spiro atoms. The molecule has 14 nitrogen and oxygen atoms in total. The first-order valence-electron chi connectivity index (χ1n) is 15.9. The van der Waals surface area contributed by atoms with Crippen molar-refractivity contribution in [2.45, 2.75) is 64.7 Å². The second-order valence-corrected chi connectivity index (χ2v) is 12.8. The van der Waals surface area contributed by atoms with E-state index in [0.29, 0.717) is 28.7 Å². The number of pyridine rings is 1. The standard InChI is InChI=1S/C34H40BrN5O9/c1-20-6-4-12-36-29(43)11-8-21(2)31(22(3)18-48-34(46)38-23-9-10-28(35)37-17-23)49-33(45)27-7-5-13-40(27)32(44)26-19-47-30(39-26)16-25(42)15-24(41)14-20/h4,6,8-11,14,17,19,21-22,24,27,31,41H,5,7,12-13,15-16,18H2,1-3H3,(H,36,43)(H,38,46)/b6-4?,11-8+,20-14?/t21-,22+,24-,27-,31+/m1/s1. The number of Topliss-reactive ketones (excluding diaryl/α,β-unsaturated/α-hetero) is 1. The number of carbonyl (C=O) groups excluding carboxylic acids is 5. The third kappa shape index (κ3) is 11.2. The van der Waals surface area contributed by atoms with Crippen molar-refractivity contribution in [3.8, 4) is 0 Å². The van der Waals surface area contributed by atoms with Gasteiger partial charge < -0.3 is 29.2 Å². The van der Waals surface area contributed by atoms with Gasteiger partial charge >= 0.3 is 12.1 Å². The molecule has 1 fully saturated rings. The number of fused-ring (bicyclic) bond motifs is 3. The zero-order valence-corrected chi connectivity index (χ0v) is 29.1. The SMILES string of the molecule is CC1=C[C@@H](O)CC(=O)Cc2nc(co2)C(=O)N2CCC[C@@H]2C(=O)O[C@H]([C@@H](C)COC(=O)Nc2ccc(Br)nc2)[C@H](C)/C=C/C(=O)NCC=C1. The number of halogens is 1. The lowest BCUT2D eigenvalue weighted by atomic mass is 9.93. The molecule has 2 aromatic rings. The summed E-state index contributed by atoms with van der Waals surface area (Å²) in [6.45, 7) is 5.61. The van der Waals surface area contributed by atoms with Crippen LogP contribution in [0.15, 0.2) is 69.6 Å². The molecular formula is C34H40BrN5O9. The highest BCUT2D eigenvalue weighted by Crippen LogP contribution is 2.26. The van der Waals surface area contributed by atoms with Crippen molar-refractivity contribution in [1.82, 2.24) is 20.2 Å². The number of aromatic nitrogens is 2. The number of allylic oxidation sites excluding steroid dienone is 2. The minimum absolute atomic E-state index is 0.0172. The number of esters is 1. The molecule has 1 saturated heterocycles. The van der Waals surface area contributed by atoms with E-state index in [1.54, 1.807) is 51.1 Å². The van der Waals surface area contributed by atoms with Gasteiger partial charge in [0, 0.05) is 31.3 Å². The van der Waals surface area contributed by atoms with Gasteiger partial charge in [-0.3, -0.25) is 19.7 Å². The molecular weight excluding hydrogens is 702 g/mol. The molecule has 0 radical (unpaired) electrons. The lowest BCUT2D eigenvalue weighted by molar-refractivity contribution is -0.159. The molecule has 2 aliphatic heterocycles. The first-order valence-corrected chi connectivity index (χ1v) is 16.7. The first-order chi connectivity index (χ1) is 23.4. The highest BCUT2D eigenvalue weighted by atomic mass is 79.9. The molecule has 0 aromatic carbocycles. The maximum atomic E-state index is 13.6. The predicted molar refractivity (Wildman–Crippen MR) is 180 cm³/mol. The minimum atomic E-state index is -1.05. The van der Waals surface area contributed by atoms with Crippen LogP contribution in [0.4, 0.5) is 10.5 Å². The van der Waals surface area contributed by atoms with Crippen LogP contribution in [0.25, 0.3) is 0 Å². The van der Waals surface area contributed by atoms with E-state index < -0.39 is 54.0 Å². The van der Waals surface area contributed by atoms with Crippen molar-refractivity contribution in [3.63, 3.8) is 0 Å². The molecule has 0 saturated carbocycles. The van der Waals surface area contributed by atoms with Crippen LogP contribution in [0.2, 0.25) is 0 Å². The molecule has 49 heavy (non-hydrogen) atoms. The van der Waals surface area contributed by atoms with E-state index in [0.717, 1.165) is 6.26 Å². The minimum Gasteiger partial charge on any atom is -0.460 e. The Labute approximate surface area is 292 Å². The number of amides is 3. The van der Waals surface area contributed by atoms with E-state index in [2.05, 4.69) is 36.5 Å². The van der Waals surface area contributed by atoms with Gasteiger partial charge in [0.25, 0.3) is 5.91 Å². The maximum absolute atomic E-state index is 13.6. The third-order valence-electron chi connectivity index (χ3n) is 7.91. The van der Waals surface area contributed by atoms with Crippen LogP contribution >= 0.6 is 15.9 Å². The van der Waals surface area contributed by atoms with Gasteiger partial charge in [0.1, 0.15) is 28.8 Å². The number of nitrogens with zero attached hydrogens (tertiary/aromatic N) is 3. The van der Waals surface area contributed by atoms with Crippen molar-refractivity contribution in [2.75, 3.05) is 25.0 Å². The molecule has 3 N–H and O–H groups in total. The van der Waals surface area contributed by atoms with Crippen molar-refractivity contribution >= 4 is 51.3 Å². The second-order valence-electron chi connectivity index (χ2n) is 12.0. The summed E-state index contributed by atoms with van der Waals surface area (Å²) in [7, 11) is 0. The summed E-state index contributed by atoms with van der Waals surface area (Å²) in [5.41, 5.74) is 1.05. The summed E-state index contributed by atoms with van der Waals surface area (Å²) >= 11 is 3.24. The smallest absolute Gasteiger partial charge is 0.411 e. The number of hydrogen-bond acceptors (Lipinski definition) is 11. The van der Waals surface area contributed by atoms with E-state index in [4.69, 9.17) is 13.9 Å². The number of cyclic esters (lactones) is 1. The summed E-state index contributed by atoms with van der Waals surface area (Å²) in [5.74, 6) is -2.95. The Balaban J connectivity index is 1.54. The third-order valence-corrected chi connectivity index (χ3v) is 8.37. The van der Waals surface area contributed by atoms with E-state index in [1.807, 2.05) is 0 Å². The molecule has 4 rings (SSSR count). The van der Waals surface area contributed by atoms with E-state index in [1.165, 1.54) is 23.2 Å². The molecule has 4 heterocycles. The largest absolute Gasteiger partial charge is 0.460 e. The number of ether oxygens (including phenoxy) is 2. The number of carbonyl (C=O) groups is 5. The van der Waals surface area contributed by atoms with Crippen molar-refractivity contribution in [1.29, 1.82) is 0 Å². The van der Waals surface area contributed by atoms with Crippen LogP contribution in [0.3, 0.4) is 0 Å². The van der Waals surface area contributed by atoms with Gasteiger partial charge in [-0.15, -0.1) is 0 Å². The first kappa shape index (κ1) is 37.2. The molecule has 15 heteroatoms. The average molecular weight is 743 g/mol. The highest BCUT2D eigenvalue weighted by Gasteiger charge is 2.39. The Morgan fingerprint density at radius 3 is 2.80 bits per heavy atom. The molecule has 3 amide bonds. The van der Waals surface area contributed by atoms with Gasteiger partial charge in [-0.25, -0.2) is 19.6 Å². The van der Waals surface area contributed by atoms with Crippen LogP contribution in [0, 0.1) is 11.8 Å². The lowest BCUT2D eigenvalue weighted by Crippen LogP contribution is -2.44. The monoisotopic (exact) mass is 741 g/mol. The summed E-state index contributed by atoms with van der Waals surface area (Å²) in [6, 6.07) is 2.39.